The summed E-state index contributed by atoms with van der Waals surface area (Å²) in [5, 5.41) is 0. The van der Waals surface area contributed by atoms with Crippen molar-refractivity contribution in [3.63, 3.8) is 0 Å². The minimum absolute atomic E-state index is 0.133. The highest BCUT2D eigenvalue weighted by Gasteiger charge is 2.35. The Labute approximate surface area is 137 Å². The minimum Gasteiger partial charge on any atom is -0.494 e. The molecule has 5 heteroatoms. The smallest absolute Gasteiger partial charge is 0.328 e. The van der Waals surface area contributed by atoms with Gasteiger partial charge < -0.3 is 14.4 Å². The van der Waals surface area contributed by atoms with Crippen molar-refractivity contribution in [1.82, 2.24) is 4.90 Å². The Morgan fingerprint density at radius 3 is 2.57 bits per heavy atom. The van der Waals surface area contributed by atoms with Crippen molar-refractivity contribution >= 4 is 11.9 Å². The maximum atomic E-state index is 12.6. The Bertz CT molecular complexity index is 538. The van der Waals surface area contributed by atoms with E-state index >= 15 is 0 Å². The maximum Gasteiger partial charge on any atom is 0.328 e. The van der Waals surface area contributed by atoms with Gasteiger partial charge in [0.2, 0.25) is 0 Å². The van der Waals surface area contributed by atoms with E-state index in [9.17, 15) is 9.59 Å². The number of rotatable bonds is 6. The van der Waals surface area contributed by atoms with Crippen LogP contribution in [0, 0.1) is 5.92 Å². The lowest BCUT2D eigenvalue weighted by Gasteiger charge is -2.22. The zero-order valence-corrected chi connectivity index (χ0v) is 14.1. The third-order valence-corrected chi connectivity index (χ3v) is 4.05. The number of carbonyl (C=O) groups is 2. The summed E-state index contributed by atoms with van der Waals surface area (Å²) in [7, 11) is 1.35. The lowest BCUT2D eigenvalue weighted by atomic mass is 10.1. The van der Waals surface area contributed by atoms with Gasteiger partial charge in [0.15, 0.2) is 0 Å². The maximum absolute atomic E-state index is 12.6. The molecule has 126 valence electrons. The van der Waals surface area contributed by atoms with Gasteiger partial charge in [0, 0.05) is 12.1 Å². The van der Waals surface area contributed by atoms with Crippen LogP contribution in [0.2, 0.25) is 0 Å². The number of likely N-dealkylation sites (tertiary alicyclic amines) is 1. The molecule has 23 heavy (non-hydrogen) atoms. The molecule has 0 radical (unpaired) electrons. The van der Waals surface area contributed by atoms with Crippen LogP contribution in [0.25, 0.3) is 0 Å². The molecule has 1 aromatic carbocycles. The molecule has 1 aromatic rings. The van der Waals surface area contributed by atoms with Gasteiger partial charge in [-0.1, -0.05) is 13.8 Å². The van der Waals surface area contributed by atoms with Crippen molar-refractivity contribution < 1.29 is 19.1 Å². The van der Waals surface area contributed by atoms with Crippen molar-refractivity contribution in [2.45, 2.75) is 39.2 Å². The molecule has 0 spiro atoms. The summed E-state index contributed by atoms with van der Waals surface area (Å²) < 4.78 is 10.4. The number of carbonyl (C=O) groups excluding carboxylic acids is 2. The summed E-state index contributed by atoms with van der Waals surface area (Å²) in [4.78, 5) is 25.9. The van der Waals surface area contributed by atoms with E-state index in [1.165, 1.54) is 7.11 Å². The number of methoxy groups -OCH3 is 1. The van der Waals surface area contributed by atoms with Gasteiger partial charge in [0.25, 0.3) is 5.91 Å². The average molecular weight is 319 g/mol. The van der Waals surface area contributed by atoms with Crippen LogP contribution in [0.3, 0.4) is 0 Å². The Kier molecular flexibility index (Phi) is 6.02. The first-order chi connectivity index (χ1) is 11.0. The molecule has 2 rings (SSSR count). The normalized spacial score (nSPS) is 17.4. The van der Waals surface area contributed by atoms with E-state index in [2.05, 4.69) is 13.8 Å². The van der Waals surface area contributed by atoms with Crippen molar-refractivity contribution in [3.05, 3.63) is 29.8 Å². The first-order valence-corrected chi connectivity index (χ1v) is 8.14. The van der Waals surface area contributed by atoms with E-state index in [0.717, 1.165) is 18.6 Å². The molecule has 1 saturated heterocycles. The van der Waals surface area contributed by atoms with E-state index in [0.29, 0.717) is 31.1 Å². The van der Waals surface area contributed by atoms with Gasteiger partial charge in [0.1, 0.15) is 11.8 Å². The van der Waals surface area contributed by atoms with Crippen LogP contribution in [0.1, 0.15) is 43.5 Å². The SMILES string of the molecule is COC(=O)C1CCCN1C(=O)c1ccc(OCCC(C)C)cc1. The average Bonchev–Trinajstić information content (AvgIpc) is 3.03. The Morgan fingerprint density at radius 2 is 1.96 bits per heavy atom. The zero-order chi connectivity index (χ0) is 16.8. The van der Waals surface area contributed by atoms with Gasteiger partial charge in [-0.15, -0.1) is 0 Å². The van der Waals surface area contributed by atoms with Gasteiger partial charge in [0.05, 0.1) is 13.7 Å². The van der Waals surface area contributed by atoms with E-state index in [1.807, 2.05) is 0 Å². The standard InChI is InChI=1S/C18H25NO4/c1-13(2)10-12-23-15-8-6-14(7-9-15)17(20)19-11-4-5-16(19)18(21)22-3/h6-9,13,16H,4-5,10-12H2,1-3H3. The number of esters is 1. The molecule has 0 aromatic heterocycles. The topological polar surface area (TPSA) is 55.8 Å². The molecule has 1 fully saturated rings. The molecule has 1 unspecified atom stereocenters. The van der Waals surface area contributed by atoms with Crippen molar-refractivity contribution in [2.24, 2.45) is 5.92 Å². The van der Waals surface area contributed by atoms with Crippen LogP contribution in [-0.4, -0.2) is 43.1 Å². The highest BCUT2D eigenvalue weighted by Crippen LogP contribution is 2.22. The van der Waals surface area contributed by atoms with Crippen LogP contribution < -0.4 is 4.74 Å². The summed E-state index contributed by atoms with van der Waals surface area (Å²) in [6, 6.07) is 6.64. The van der Waals surface area contributed by atoms with Crippen LogP contribution >= 0.6 is 0 Å². The molecule has 1 heterocycles. The predicted molar refractivity (Wildman–Crippen MR) is 87.5 cm³/mol. The van der Waals surface area contributed by atoms with E-state index in [-0.39, 0.29) is 11.9 Å². The monoisotopic (exact) mass is 319 g/mol. The number of benzene rings is 1. The van der Waals surface area contributed by atoms with E-state index < -0.39 is 6.04 Å². The fraction of sp³-hybridized carbons (Fsp3) is 0.556. The molecule has 0 saturated carbocycles. The molecular weight excluding hydrogens is 294 g/mol. The summed E-state index contributed by atoms with van der Waals surface area (Å²) in [6.45, 7) is 5.56. The third kappa shape index (κ3) is 4.47. The number of hydrogen-bond acceptors (Lipinski definition) is 4. The van der Waals surface area contributed by atoms with Gasteiger partial charge >= 0.3 is 5.97 Å². The van der Waals surface area contributed by atoms with Gasteiger partial charge in [-0.2, -0.15) is 0 Å². The number of nitrogens with zero attached hydrogens (tertiary/aromatic N) is 1. The van der Waals surface area contributed by atoms with Crippen LogP contribution in [0.5, 0.6) is 5.75 Å². The first kappa shape index (κ1) is 17.3. The zero-order valence-electron chi connectivity index (χ0n) is 14.1. The fourth-order valence-electron chi connectivity index (χ4n) is 2.66. The molecule has 1 aliphatic heterocycles. The summed E-state index contributed by atoms with van der Waals surface area (Å²) in [5.74, 6) is 0.880. The molecular formula is C18H25NO4. The molecule has 1 aliphatic rings. The van der Waals surface area contributed by atoms with Gasteiger partial charge in [-0.25, -0.2) is 4.79 Å². The highest BCUT2D eigenvalue weighted by molar-refractivity contribution is 5.97. The number of ether oxygens (including phenoxy) is 2. The Morgan fingerprint density at radius 1 is 1.26 bits per heavy atom. The third-order valence-electron chi connectivity index (χ3n) is 4.05. The lowest BCUT2D eigenvalue weighted by Crippen LogP contribution is -2.41. The summed E-state index contributed by atoms with van der Waals surface area (Å²) in [5.41, 5.74) is 0.567. The lowest BCUT2D eigenvalue weighted by molar-refractivity contribution is -0.145. The molecule has 1 atom stereocenters. The van der Waals surface area contributed by atoms with Crippen LogP contribution in [-0.2, 0) is 9.53 Å². The van der Waals surface area contributed by atoms with E-state index in [4.69, 9.17) is 9.47 Å². The Hall–Kier alpha value is -2.04. The second-order valence-electron chi connectivity index (χ2n) is 6.24. The predicted octanol–water partition coefficient (Wildman–Crippen LogP) is 2.89. The van der Waals surface area contributed by atoms with Crippen LogP contribution in [0.15, 0.2) is 24.3 Å². The minimum atomic E-state index is -0.463. The second kappa shape index (κ2) is 7.99. The van der Waals surface area contributed by atoms with Crippen molar-refractivity contribution in [2.75, 3.05) is 20.3 Å². The van der Waals surface area contributed by atoms with Gasteiger partial charge in [-0.05, 0) is 49.4 Å². The summed E-state index contributed by atoms with van der Waals surface area (Å²) in [6.07, 6.45) is 2.48. The molecule has 0 aliphatic carbocycles. The first-order valence-electron chi connectivity index (χ1n) is 8.14. The molecule has 0 N–H and O–H groups in total. The molecule has 5 nitrogen and oxygen atoms in total. The highest BCUT2D eigenvalue weighted by atomic mass is 16.5. The van der Waals surface area contributed by atoms with Crippen molar-refractivity contribution in [3.8, 4) is 5.75 Å². The number of hydrogen-bond donors (Lipinski definition) is 0. The van der Waals surface area contributed by atoms with E-state index in [1.54, 1.807) is 29.2 Å². The molecule has 1 amide bonds. The largest absolute Gasteiger partial charge is 0.494 e. The molecule has 0 bridgehead atoms. The van der Waals surface area contributed by atoms with Gasteiger partial charge in [-0.3, -0.25) is 4.79 Å². The van der Waals surface area contributed by atoms with Crippen LogP contribution in [0.4, 0.5) is 0 Å². The number of amides is 1. The quantitative estimate of drug-likeness (QED) is 0.757. The van der Waals surface area contributed by atoms with Crippen molar-refractivity contribution in [1.29, 1.82) is 0 Å². The second-order valence-corrected chi connectivity index (χ2v) is 6.24. The fourth-order valence-corrected chi connectivity index (χ4v) is 2.66. The Balaban J connectivity index is 1.98. The summed E-state index contributed by atoms with van der Waals surface area (Å²) >= 11 is 0.